The molecular weight excluding hydrogens is 308 g/mol. The first-order valence-electron chi connectivity index (χ1n) is 8.34. The van der Waals surface area contributed by atoms with Gasteiger partial charge in [0.25, 0.3) is 6.47 Å². The lowest BCUT2D eigenvalue weighted by atomic mass is 9.75. The minimum Gasteiger partial charge on any atom is -0.504 e. The maximum Gasteiger partial charge on any atom is 0.293 e. The molecule has 1 aromatic rings. The summed E-state index contributed by atoms with van der Waals surface area (Å²) in [5, 5.41) is 9.09. The lowest BCUT2D eigenvalue weighted by Gasteiger charge is -2.35. The van der Waals surface area contributed by atoms with E-state index < -0.39 is 0 Å². The number of aromatic hydroxyl groups is 1. The van der Waals surface area contributed by atoms with E-state index in [1.54, 1.807) is 0 Å². The minimum atomic E-state index is 0.0399. The molecule has 0 saturated heterocycles. The van der Waals surface area contributed by atoms with E-state index in [2.05, 4.69) is 20.8 Å². The van der Waals surface area contributed by atoms with Crippen molar-refractivity contribution in [2.75, 3.05) is 7.11 Å². The van der Waals surface area contributed by atoms with Crippen molar-refractivity contribution >= 4 is 12.8 Å². The summed E-state index contributed by atoms with van der Waals surface area (Å²) >= 11 is 0. The van der Waals surface area contributed by atoms with Crippen molar-refractivity contribution in [1.29, 1.82) is 0 Å². The monoisotopic (exact) mass is 336 g/mol. The second kappa shape index (κ2) is 9.96. The molecule has 0 aromatic heterocycles. The molecule has 0 radical (unpaired) electrons. The predicted molar refractivity (Wildman–Crippen MR) is 92.3 cm³/mol. The normalized spacial score (nSPS) is 23.0. The number of hydrogen-bond acceptors (Lipinski definition) is 5. The quantitative estimate of drug-likeness (QED) is 0.827. The van der Waals surface area contributed by atoms with Crippen LogP contribution in [0.4, 0.5) is 0 Å². The van der Waals surface area contributed by atoms with Gasteiger partial charge in [-0.3, -0.25) is 9.59 Å². The molecule has 1 aromatic carbocycles. The van der Waals surface area contributed by atoms with Crippen LogP contribution in [0.1, 0.15) is 50.4 Å². The molecule has 5 heteroatoms. The van der Waals surface area contributed by atoms with Gasteiger partial charge < -0.3 is 14.6 Å². The van der Waals surface area contributed by atoms with E-state index in [4.69, 9.17) is 14.6 Å². The first kappa shape index (κ1) is 20.0. The number of rotatable bonds is 5. The van der Waals surface area contributed by atoms with Crippen LogP contribution in [0, 0.1) is 17.8 Å². The zero-order chi connectivity index (χ0) is 18.1. The molecule has 0 bridgehead atoms. The van der Waals surface area contributed by atoms with Gasteiger partial charge in [-0.05, 0) is 48.8 Å². The molecule has 24 heavy (non-hydrogen) atoms. The first-order chi connectivity index (χ1) is 11.4. The molecule has 134 valence electrons. The van der Waals surface area contributed by atoms with E-state index in [1.165, 1.54) is 38.2 Å². The Kier molecular flexibility index (Phi) is 8.30. The molecule has 0 amide bonds. The van der Waals surface area contributed by atoms with Crippen LogP contribution in [0.2, 0.25) is 0 Å². The summed E-state index contributed by atoms with van der Waals surface area (Å²) in [6.07, 6.45) is 4.39. The van der Waals surface area contributed by atoms with E-state index in [1.807, 2.05) is 0 Å². The van der Waals surface area contributed by atoms with Crippen molar-refractivity contribution in [3.63, 3.8) is 0 Å². The first-order valence-corrected chi connectivity index (χ1v) is 8.34. The molecule has 5 nitrogen and oxygen atoms in total. The summed E-state index contributed by atoms with van der Waals surface area (Å²) in [6, 6.07) is 4.41. The highest BCUT2D eigenvalue weighted by Gasteiger charge is 2.31. The zero-order valence-corrected chi connectivity index (χ0v) is 14.9. The highest BCUT2D eigenvalue weighted by Crippen LogP contribution is 2.34. The molecular formula is C19H28O5. The van der Waals surface area contributed by atoms with E-state index in [0.29, 0.717) is 41.8 Å². The van der Waals surface area contributed by atoms with Crippen molar-refractivity contribution in [3.05, 3.63) is 23.8 Å². The largest absolute Gasteiger partial charge is 0.504 e. The van der Waals surface area contributed by atoms with E-state index >= 15 is 0 Å². The Morgan fingerprint density at radius 3 is 2.50 bits per heavy atom. The highest BCUT2D eigenvalue weighted by atomic mass is 16.5. The average Bonchev–Trinajstić information content (AvgIpc) is 2.56. The number of carbonyl (C=O) groups excluding carboxylic acids is 2. The van der Waals surface area contributed by atoms with Crippen LogP contribution in [-0.2, 0) is 9.53 Å². The van der Waals surface area contributed by atoms with Crippen molar-refractivity contribution in [2.24, 2.45) is 17.8 Å². The third-order valence-electron chi connectivity index (χ3n) is 4.53. The fourth-order valence-electron chi connectivity index (χ4n) is 3.11. The van der Waals surface area contributed by atoms with Gasteiger partial charge in [-0.15, -0.1) is 0 Å². The van der Waals surface area contributed by atoms with Crippen molar-refractivity contribution in [2.45, 2.75) is 46.1 Å². The Labute approximate surface area is 144 Å². The van der Waals surface area contributed by atoms with Gasteiger partial charge in [-0.25, -0.2) is 0 Å². The van der Waals surface area contributed by atoms with E-state index in [9.17, 15) is 9.59 Å². The number of carbonyl (C=O) groups is 2. The number of phenolic OH excluding ortho intramolecular Hbond substituents is 1. The summed E-state index contributed by atoms with van der Waals surface area (Å²) < 4.78 is 9.93. The average molecular weight is 336 g/mol. The molecule has 0 aliphatic heterocycles. The number of ether oxygens (including phenoxy) is 2. The van der Waals surface area contributed by atoms with Crippen LogP contribution in [-0.4, -0.2) is 31.1 Å². The zero-order valence-electron chi connectivity index (χ0n) is 14.9. The Morgan fingerprint density at radius 2 is 1.96 bits per heavy atom. The molecule has 1 saturated carbocycles. The summed E-state index contributed by atoms with van der Waals surface area (Å²) in [5.74, 6) is 2.26. The van der Waals surface area contributed by atoms with Crippen LogP contribution in [0.5, 0.6) is 11.5 Å². The number of hydrogen-bond donors (Lipinski definition) is 1. The molecule has 1 fully saturated rings. The van der Waals surface area contributed by atoms with Crippen molar-refractivity contribution in [3.8, 4) is 11.5 Å². The highest BCUT2D eigenvalue weighted by molar-refractivity contribution is 5.76. The van der Waals surface area contributed by atoms with Gasteiger partial charge in [-0.1, -0.05) is 27.2 Å². The molecule has 1 N–H and O–H groups in total. The molecule has 2 rings (SSSR count). The molecule has 0 spiro atoms. The third-order valence-corrected chi connectivity index (χ3v) is 4.53. The predicted octanol–water partition coefficient (Wildman–Crippen LogP) is 3.83. The molecule has 3 unspecified atom stereocenters. The smallest absolute Gasteiger partial charge is 0.293 e. The molecule has 0 heterocycles. The summed E-state index contributed by atoms with van der Waals surface area (Å²) in [7, 11) is 1.43. The van der Waals surface area contributed by atoms with Crippen LogP contribution < -0.4 is 4.74 Å². The second-order valence-electron chi connectivity index (χ2n) is 6.65. The lowest BCUT2D eigenvalue weighted by molar-refractivity contribution is -0.140. The Morgan fingerprint density at radius 1 is 1.25 bits per heavy atom. The van der Waals surface area contributed by atoms with E-state index in [-0.39, 0.29) is 11.9 Å². The second-order valence-corrected chi connectivity index (χ2v) is 6.65. The number of phenols is 1. The number of methoxy groups -OCH3 is 1. The maximum absolute atomic E-state index is 10.3. The number of benzene rings is 1. The van der Waals surface area contributed by atoms with Gasteiger partial charge in [0.1, 0.15) is 12.4 Å². The van der Waals surface area contributed by atoms with Crippen LogP contribution in [0.3, 0.4) is 0 Å². The van der Waals surface area contributed by atoms with Gasteiger partial charge in [0.15, 0.2) is 11.5 Å². The summed E-state index contributed by atoms with van der Waals surface area (Å²) in [4.78, 5) is 20.6. The Balaban J connectivity index is 0.000000243. The van der Waals surface area contributed by atoms with Gasteiger partial charge in [0.05, 0.1) is 7.11 Å². The van der Waals surface area contributed by atoms with Crippen LogP contribution in [0.25, 0.3) is 0 Å². The molecule has 3 atom stereocenters. The molecule has 1 aliphatic rings. The Hall–Kier alpha value is -2.04. The van der Waals surface area contributed by atoms with Gasteiger partial charge in [-0.2, -0.15) is 0 Å². The van der Waals surface area contributed by atoms with Crippen LogP contribution >= 0.6 is 0 Å². The van der Waals surface area contributed by atoms with Gasteiger partial charge in [0.2, 0.25) is 0 Å². The third kappa shape index (κ3) is 5.87. The minimum absolute atomic E-state index is 0.0399. The van der Waals surface area contributed by atoms with E-state index in [0.717, 1.165) is 6.42 Å². The number of aldehydes is 1. The van der Waals surface area contributed by atoms with Crippen LogP contribution in [0.15, 0.2) is 18.2 Å². The van der Waals surface area contributed by atoms with Gasteiger partial charge >= 0.3 is 0 Å². The topological polar surface area (TPSA) is 72.8 Å². The lowest BCUT2D eigenvalue weighted by Crippen LogP contribution is -2.33. The van der Waals surface area contributed by atoms with Crippen molar-refractivity contribution < 1.29 is 24.2 Å². The standard InChI is InChI=1S/C11H20O2.C8H8O3/c1-8(2)10-5-4-9(3)6-11(10)13-7-12;1-11-8-4-6(5-9)2-3-7(8)10/h7-11H,4-6H2,1-3H3;2-5,10H,1H3. The fraction of sp³-hybridized carbons (Fsp3) is 0.579. The fourth-order valence-corrected chi connectivity index (χ4v) is 3.11. The molecule has 1 aliphatic carbocycles. The SMILES string of the molecule is CC1CCC(C(C)C)C(OC=O)C1.COc1cc(C=O)ccc1O. The van der Waals surface area contributed by atoms with Gasteiger partial charge in [0, 0.05) is 5.56 Å². The summed E-state index contributed by atoms with van der Waals surface area (Å²) in [6.45, 7) is 7.26. The Bertz CT molecular complexity index is 526. The van der Waals surface area contributed by atoms with Crippen molar-refractivity contribution in [1.82, 2.24) is 0 Å². The maximum atomic E-state index is 10.3. The summed E-state index contributed by atoms with van der Waals surface area (Å²) in [5.41, 5.74) is 0.486.